The van der Waals surface area contributed by atoms with Crippen molar-refractivity contribution in [1.29, 1.82) is 0 Å². The smallest absolute Gasteiger partial charge is 0.258 e. The molecule has 1 N–H and O–H groups in total. The molecule has 0 fully saturated rings. The van der Waals surface area contributed by atoms with Crippen LogP contribution in [-0.2, 0) is 11.8 Å². The Bertz CT molecular complexity index is 945. The fourth-order valence-corrected chi connectivity index (χ4v) is 3.14. The van der Waals surface area contributed by atoms with Crippen LogP contribution in [0.1, 0.15) is 28.6 Å². The van der Waals surface area contributed by atoms with Crippen molar-refractivity contribution in [3.8, 4) is 11.5 Å². The molecule has 6 nitrogen and oxygen atoms in total. The third kappa shape index (κ3) is 4.71. The number of nitrogens with zero attached hydrogens (tertiary/aromatic N) is 2. The largest absolute Gasteiger partial charge is 0.497 e. The summed E-state index contributed by atoms with van der Waals surface area (Å²) in [4.78, 5) is 17.0. The molecule has 3 rings (SSSR count). The molecule has 0 bridgehead atoms. The van der Waals surface area contributed by atoms with Crippen LogP contribution >= 0.6 is 0 Å². The molecule has 6 heteroatoms. The number of carbonyl (C=O) groups excluding carboxylic acids is 1. The summed E-state index contributed by atoms with van der Waals surface area (Å²) in [6, 6.07) is 13.1. The van der Waals surface area contributed by atoms with Crippen molar-refractivity contribution in [2.24, 2.45) is 7.05 Å². The number of hydrogen-bond donors (Lipinski definition) is 1. The van der Waals surface area contributed by atoms with Gasteiger partial charge in [0.2, 0.25) is 0 Å². The molecule has 2 aromatic carbocycles. The maximum absolute atomic E-state index is 12.6. The average molecular weight is 379 g/mol. The molecule has 3 aromatic rings. The second-order valence-electron chi connectivity index (χ2n) is 6.79. The van der Waals surface area contributed by atoms with E-state index in [0.29, 0.717) is 5.75 Å². The highest BCUT2D eigenvalue weighted by Gasteiger charge is 2.21. The lowest BCUT2D eigenvalue weighted by Crippen LogP contribution is -2.34. The summed E-state index contributed by atoms with van der Waals surface area (Å²) in [6.07, 6.45) is 3.56. The Hall–Kier alpha value is -3.28. The van der Waals surface area contributed by atoms with Crippen LogP contribution < -0.4 is 14.8 Å². The van der Waals surface area contributed by atoms with Gasteiger partial charge in [-0.05, 0) is 54.8 Å². The lowest BCUT2D eigenvalue weighted by molar-refractivity contribution is -0.123. The fraction of sp³-hybridized carbons (Fsp3) is 0.273. The predicted molar refractivity (Wildman–Crippen MR) is 108 cm³/mol. The van der Waals surface area contributed by atoms with Gasteiger partial charge in [-0.25, -0.2) is 4.98 Å². The fourth-order valence-electron chi connectivity index (χ4n) is 3.14. The molecule has 0 aliphatic heterocycles. The third-order valence-electron chi connectivity index (χ3n) is 4.41. The lowest BCUT2D eigenvalue weighted by atomic mass is 10.1. The van der Waals surface area contributed by atoms with E-state index in [0.717, 1.165) is 28.3 Å². The molecule has 0 aliphatic rings. The topological polar surface area (TPSA) is 65.4 Å². The Kier molecular flexibility index (Phi) is 5.99. The van der Waals surface area contributed by atoms with E-state index in [2.05, 4.69) is 16.4 Å². The molecule has 0 aliphatic carbocycles. The second-order valence-corrected chi connectivity index (χ2v) is 6.79. The zero-order valence-electron chi connectivity index (χ0n) is 16.6. The Morgan fingerprint density at radius 2 is 1.89 bits per heavy atom. The molecule has 146 valence electrons. The number of amides is 1. The van der Waals surface area contributed by atoms with Gasteiger partial charge in [0.1, 0.15) is 23.4 Å². The summed E-state index contributed by atoms with van der Waals surface area (Å²) in [7, 11) is 3.51. The van der Waals surface area contributed by atoms with Crippen LogP contribution in [0.5, 0.6) is 11.5 Å². The SMILES string of the molecule is COc1cccc([C@H](NC(=O)COc2cc(C)cc(C)c2)c2nccn2C)c1. The molecule has 0 spiro atoms. The average Bonchev–Trinajstić information content (AvgIpc) is 3.09. The molecule has 28 heavy (non-hydrogen) atoms. The zero-order chi connectivity index (χ0) is 20.1. The van der Waals surface area contributed by atoms with Gasteiger partial charge in [0.05, 0.1) is 7.11 Å². The van der Waals surface area contributed by atoms with E-state index in [4.69, 9.17) is 9.47 Å². The van der Waals surface area contributed by atoms with Crippen LogP contribution in [0, 0.1) is 13.8 Å². The van der Waals surface area contributed by atoms with Crippen molar-refractivity contribution in [2.45, 2.75) is 19.9 Å². The van der Waals surface area contributed by atoms with Gasteiger partial charge < -0.3 is 19.4 Å². The molecule has 1 atom stereocenters. The maximum Gasteiger partial charge on any atom is 0.258 e. The molecule has 0 saturated heterocycles. The van der Waals surface area contributed by atoms with Crippen molar-refractivity contribution < 1.29 is 14.3 Å². The van der Waals surface area contributed by atoms with E-state index in [1.807, 2.05) is 68.1 Å². The van der Waals surface area contributed by atoms with Crippen LogP contribution in [0.2, 0.25) is 0 Å². The number of imidazole rings is 1. The summed E-state index contributed by atoms with van der Waals surface area (Å²) in [6.45, 7) is 3.92. The maximum atomic E-state index is 12.6. The van der Waals surface area contributed by atoms with Gasteiger partial charge >= 0.3 is 0 Å². The monoisotopic (exact) mass is 379 g/mol. The second kappa shape index (κ2) is 8.61. The first-order valence-electron chi connectivity index (χ1n) is 9.08. The van der Waals surface area contributed by atoms with Crippen LogP contribution in [0.15, 0.2) is 54.9 Å². The Balaban J connectivity index is 1.77. The molecule has 1 aromatic heterocycles. The first-order valence-corrected chi connectivity index (χ1v) is 9.08. The number of benzene rings is 2. The highest BCUT2D eigenvalue weighted by Crippen LogP contribution is 2.24. The minimum atomic E-state index is -0.412. The van der Waals surface area contributed by atoms with Crippen LogP contribution in [0.4, 0.5) is 0 Å². The number of rotatable bonds is 7. The lowest BCUT2D eigenvalue weighted by Gasteiger charge is -2.20. The molecule has 0 saturated carbocycles. The standard InChI is InChI=1S/C22H25N3O3/c1-15-10-16(2)12-19(11-15)28-14-20(26)24-21(22-23-8-9-25(22)3)17-6-5-7-18(13-17)27-4/h5-13,21H,14H2,1-4H3,(H,24,26)/t21-/m0/s1. The van der Waals surface area contributed by atoms with Gasteiger partial charge in [0.25, 0.3) is 5.91 Å². The van der Waals surface area contributed by atoms with Crippen molar-refractivity contribution >= 4 is 5.91 Å². The zero-order valence-corrected chi connectivity index (χ0v) is 16.6. The summed E-state index contributed by atoms with van der Waals surface area (Å²) >= 11 is 0. The van der Waals surface area contributed by atoms with Gasteiger partial charge in [-0.15, -0.1) is 0 Å². The molecule has 0 unspecified atom stereocenters. The Labute approximate surface area is 165 Å². The summed E-state index contributed by atoms with van der Waals surface area (Å²) in [5, 5.41) is 3.02. The van der Waals surface area contributed by atoms with Gasteiger partial charge in [0, 0.05) is 19.4 Å². The minimum absolute atomic E-state index is 0.0756. The van der Waals surface area contributed by atoms with E-state index in [1.54, 1.807) is 13.3 Å². The number of methoxy groups -OCH3 is 1. The minimum Gasteiger partial charge on any atom is -0.497 e. The predicted octanol–water partition coefficient (Wildman–Crippen LogP) is 3.33. The number of hydrogen-bond acceptors (Lipinski definition) is 4. The van der Waals surface area contributed by atoms with Gasteiger partial charge in [0.15, 0.2) is 6.61 Å². The summed E-state index contributed by atoms with van der Waals surface area (Å²) in [5.74, 6) is 1.91. The van der Waals surface area contributed by atoms with E-state index >= 15 is 0 Å². The normalized spacial score (nSPS) is 11.7. The third-order valence-corrected chi connectivity index (χ3v) is 4.41. The Morgan fingerprint density at radius 3 is 2.54 bits per heavy atom. The number of aromatic nitrogens is 2. The molecule has 1 heterocycles. The number of carbonyl (C=O) groups is 1. The first kappa shape index (κ1) is 19.5. The van der Waals surface area contributed by atoms with Crippen molar-refractivity contribution in [3.63, 3.8) is 0 Å². The van der Waals surface area contributed by atoms with Gasteiger partial charge in [-0.3, -0.25) is 4.79 Å². The van der Waals surface area contributed by atoms with E-state index in [-0.39, 0.29) is 12.5 Å². The highest BCUT2D eigenvalue weighted by atomic mass is 16.5. The molecular formula is C22H25N3O3. The number of aryl methyl sites for hydroxylation is 3. The van der Waals surface area contributed by atoms with E-state index in [1.165, 1.54) is 0 Å². The Morgan fingerprint density at radius 1 is 1.14 bits per heavy atom. The quantitative estimate of drug-likeness (QED) is 0.684. The summed E-state index contributed by atoms with van der Waals surface area (Å²) < 4.78 is 12.9. The van der Waals surface area contributed by atoms with Crippen LogP contribution in [0.3, 0.4) is 0 Å². The highest BCUT2D eigenvalue weighted by molar-refractivity contribution is 5.78. The van der Waals surface area contributed by atoms with Gasteiger partial charge in [-0.2, -0.15) is 0 Å². The molecule has 0 radical (unpaired) electrons. The summed E-state index contributed by atoms with van der Waals surface area (Å²) in [5.41, 5.74) is 3.07. The van der Waals surface area contributed by atoms with Crippen LogP contribution in [0.25, 0.3) is 0 Å². The van der Waals surface area contributed by atoms with Crippen LogP contribution in [-0.4, -0.2) is 29.2 Å². The number of ether oxygens (including phenoxy) is 2. The molecule has 1 amide bonds. The van der Waals surface area contributed by atoms with Crippen molar-refractivity contribution in [2.75, 3.05) is 13.7 Å². The first-order chi connectivity index (χ1) is 13.5. The number of nitrogens with one attached hydrogen (secondary N) is 1. The van der Waals surface area contributed by atoms with Gasteiger partial charge in [-0.1, -0.05) is 18.2 Å². The van der Waals surface area contributed by atoms with E-state index < -0.39 is 6.04 Å². The van der Waals surface area contributed by atoms with Crippen molar-refractivity contribution in [1.82, 2.24) is 14.9 Å². The van der Waals surface area contributed by atoms with E-state index in [9.17, 15) is 4.79 Å². The van der Waals surface area contributed by atoms with Crippen molar-refractivity contribution in [3.05, 3.63) is 77.4 Å². The molecular weight excluding hydrogens is 354 g/mol.